The summed E-state index contributed by atoms with van der Waals surface area (Å²) in [7, 11) is 1.97. The lowest BCUT2D eigenvalue weighted by Crippen LogP contribution is -2.29. The number of nitrogens with zero attached hydrogens (tertiary/aromatic N) is 4. The summed E-state index contributed by atoms with van der Waals surface area (Å²) in [6, 6.07) is 9.85. The highest BCUT2D eigenvalue weighted by molar-refractivity contribution is 7.99. The second kappa shape index (κ2) is 11.0. The molecular formula is C22H30N8OS. The fourth-order valence-corrected chi connectivity index (χ4v) is 3.99. The molecule has 32 heavy (non-hydrogen) atoms. The molecule has 0 aliphatic carbocycles. The first kappa shape index (κ1) is 23.6. The zero-order chi connectivity index (χ0) is 23.1. The van der Waals surface area contributed by atoms with Gasteiger partial charge < -0.3 is 27.0 Å². The summed E-state index contributed by atoms with van der Waals surface area (Å²) in [6.07, 6.45) is 3.09. The normalized spacial score (nSPS) is 17.0. The fraction of sp³-hybridized carbons (Fsp3) is 0.364. The van der Waals surface area contributed by atoms with Gasteiger partial charge in [-0.25, -0.2) is 15.0 Å². The van der Waals surface area contributed by atoms with Crippen LogP contribution in [-0.4, -0.2) is 47.9 Å². The van der Waals surface area contributed by atoms with Crippen molar-refractivity contribution in [2.45, 2.75) is 42.8 Å². The number of nitrogens with two attached hydrogens (primary N) is 2. The number of allylic oxidation sites excluding steroid dienone is 1. The molecule has 1 aliphatic rings. The van der Waals surface area contributed by atoms with Crippen molar-refractivity contribution in [3.8, 4) is 0 Å². The van der Waals surface area contributed by atoms with E-state index in [-0.39, 0.29) is 11.7 Å². The van der Waals surface area contributed by atoms with Crippen molar-refractivity contribution in [3.05, 3.63) is 42.1 Å². The minimum Gasteiger partial charge on any atom is -0.402 e. The van der Waals surface area contributed by atoms with Crippen molar-refractivity contribution >= 4 is 40.8 Å². The van der Waals surface area contributed by atoms with Gasteiger partial charge in [-0.3, -0.25) is 4.79 Å². The number of aliphatic imine (C=N–C) groups is 1. The molecule has 1 amide bonds. The Morgan fingerprint density at radius 3 is 2.69 bits per heavy atom. The molecular weight excluding hydrogens is 424 g/mol. The predicted octanol–water partition coefficient (Wildman–Crippen LogP) is 2.63. The van der Waals surface area contributed by atoms with E-state index >= 15 is 0 Å². The summed E-state index contributed by atoms with van der Waals surface area (Å²) in [4.78, 5) is 28.5. The summed E-state index contributed by atoms with van der Waals surface area (Å²) >= 11 is 1.43. The Balaban J connectivity index is 1.87. The van der Waals surface area contributed by atoms with Crippen LogP contribution >= 0.6 is 11.8 Å². The summed E-state index contributed by atoms with van der Waals surface area (Å²) < 4.78 is 0. The lowest BCUT2D eigenvalue weighted by atomic mass is 10.3. The van der Waals surface area contributed by atoms with Crippen LogP contribution in [0.15, 0.2) is 57.1 Å². The maximum Gasteiger partial charge on any atom is 0.224 e. The van der Waals surface area contributed by atoms with Gasteiger partial charge in [0.2, 0.25) is 5.91 Å². The topological polar surface area (TPSA) is 135 Å². The molecule has 170 valence electrons. The molecule has 0 saturated carbocycles. The van der Waals surface area contributed by atoms with Crippen molar-refractivity contribution < 1.29 is 4.79 Å². The van der Waals surface area contributed by atoms with Gasteiger partial charge in [0.15, 0.2) is 11.0 Å². The van der Waals surface area contributed by atoms with E-state index < -0.39 is 0 Å². The van der Waals surface area contributed by atoms with E-state index in [1.807, 2.05) is 44.3 Å². The molecule has 1 aliphatic heterocycles. The van der Waals surface area contributed by atoms with Crippen LogP contribution in [0.25, 0.3) is 0 Å². The molecule has 1 aromatic carbocycles. The number of amides is 1. The third-order valence-electron chi connectivity index (χ3n) is 4.89. The molecule has 0 radical (unpaired) electrons. The van der Waals surface area contributed by atoms with Crippen LogP contribution in [0.2, 0.25) is 0 Å². The zero-order valence-electron chi connectivity index (χ0n) is 18.6. The second-order valence-electron chi connectivity index (χ2n) is 7.54. The van der Waals surface area contributed by atoms with E-state index in [2.05, 4.69) is 25.5 Å². The van der Waals surface area contributed by atoms with Crippen LogP contribution in [-0.2, 0) is 4.79 Å². The molecule has 6 N–H and O–H groups in total. The Morgan fingerprint density at radius 2 is 2.06 bits per heavy atom. The Morgan fingerprint density at radius 1 is 1.31 bits per heavy atom. The van der Waals surface area contributed by atoms with Crippen LogP contribution in [0.5, 0.6) is 0 Å². The number of rotatable bonds is 8. The van der Waals surface area contributed by atoms with Crippen LogP contribution < -0.4 is 27.0 Å². The van der Waals surface area contributed by atoms with E-state index in [4.69, 9.17) is 16.5 Å². The van der Waals surface area contributed by atoms with E-state index in [1.54, 1.807) is 13.0 Å². The van der Waals surface area contributed by atoms with Crippen molar-refractivity contribution in [1.29, 1.82) is 0 Å². The lowest BCUT2D eigenvalue weighted by Gasteiger charge is -2.18. The van der Waals surface area contributed by atoms with Gasteiger partial charge in [-0.15, -0.1) is 0 Å². The molecule has 0 spiro atoms. The van der Waals surface area contributed by atoms with Gasteiger partial charge in [-0.2, -0.15) is 0 Å². The summed E-state index contributed by atoms with van der Waals surface area (Å²) in [5, 5.41) is 6.74. The number of anilines is 2. The first-order valence-corrected chi connectivity index (χ1v) is 11.3. The Kier molecular flexibility index (Phi) is 8.07. The molecule has 3 rings (SSSR count). The number of hydrogen-bond acceptors (Lipinski definition) is 8. The lowest BCUT2D eigenvalue weighted by molar-refractivity contribution is -0.115. The number of amidine groups is 1. The molecule has 1 fully saturated rings. The van der Waals surface area contributed by atoms with E-state index in [9.17, 15) is 4.79 Å². The molecule has 10 heteroatoms. The maximum absolute atomic E-state index is 11.6. The zero-order valence-corrected chi connectivity index (χ0v) is 19.4. The molecule has 0 unspecified atom stereocenters. The number of nitrogens with one attached hydrogen (secondary N) is 2. The summed E-state index contributed by atoms with van der Waals surface area (Å²) in [5.41, 5.74) is 13.0. The van der Waals surface area contributed by atoms with Crippen molar-refractivity contribution in [2.24, 2.45) is 16.5 Å². The van der Waals surface area contributed by atoms with Crippen LogP contribution in [0.4, 0.5) is 17.3 Å². The predicted molar refractivity (Wildman–Crippen MR) is 130 cm³/mol. The molecule has 2 aromatic rings. The minimum atomic E-state index is -0.0196. The number of hydrogen-bond donors (Lipinski definition) is 4. The highest BCUT2D eigenvalue weighted by Crippen LogP contribution is 2.30. The van der Waals surface area contributed by atoms with Gasteiger partial charge in [0.25, 0.3) is 0 Å². The molecule has 1 aromatic heterocycles. The van der Waals surface area contributed by atoms with Crippen LogP contribution in [0.1, 0.15) is 26.7 Å². The smallest absolute Gasteiger partial charge is 0.224 e. The van der Waals surface area contributed by atoms with Gasteiger partial charge in [-0.05, 0) is 62.5 Å². The van der Waals surface area contributed by atoms with Crippen molar-refractivity contribution in [2.75, 3.05) is 30.4 Å². The Bertz CT molecular complexity index is 1000. The largest absolute Gasteiger partial charge is 0.402 e. The van der Waals surface area contributed by atoms with E-state index in [0.717, 1.165) is 35.9 Å². The number of likely N-dealkylation sites (N-methyl/N-ethyl adjacent to an activating group) is 1. The van der Waals surface area contributed by atoms with Gasteiger partial charge in [0.05, 0.1) is 0 Å². The van der Waals surface area contributed by atoms with E-state index in [1.165, 1.54) is 11.8 Å². The van der Waals surface area contributed by atoms with Crippen molar-refractivity contribution in [3.63, 3.8) is 0 Å². The highest BCUT2D eigenvalue weighted by atomic mass is 32.2. The van der Waals surface area contributed by atoms with Gasteiger partial charge in [0.1, 0.15) is 11.7 Å². The SMILES string of the molecule is CCC(=O)Nc1ccc(Sc2nc(/N=C(N)/C=C(/C)N)cc(N3CC[C@H](NC)C3)n2)cc1. The van der Waals surface area contributed by atoms with E-state index in [0.29, 0.717) is 29.1 Å². The van der Waals surface area contributed by atoms with Crippen molar-refractivity contribution in [1.82, 2.24) is 15.3 Å². The second-order valence-corrected chi connectivity index (χ2v) is 8.58. The first-order chi connectivity index (χ1) is 15.4. The molecule has 2 heterocycles. The molecule has 9 nitrogen and oxygen atoms in total. The number of carbonyl (C=O) groups excluding carboxylic acids is 1. The Hall–Kier alpha value is -3.11. The third-order valence-corrected chi connectivity index (χ3v) is 5.76. The number of carbonyl (C=O) groups is 1. The summed E-state index contributed by atoms with van der Waals surface area (Å²) in [6.45, 7) is 5.34. The van der Waals surface area contributed by atoms with Crippen LogP contribution in [0, 0.1) is 0 Å². The summed E-state index contributed by atoms with van der Waals surface area (Å²) in [5.74, 6) is 1.56. The average Bonchev–Trinajstić information content (AvgIpc) is 3.23. The molecule has 1 atom stereocenters. The maximum atomic E-state index is 11.6. The average molecular weight is 455 g/mol. The molecule has 1 saturated heterocycles. The first-order valence-electron chi connectivity index (χ1n) is 10.5. The quantitative estimate of drug-likeness (QED) is 0.272. The van der Waals surface area contributed by atoms with Gasteiger partial charge in [0, 0.05) is 47.9 Å². The minimum absolute atomic E-state index is 0.0196. The van der Waals surface area contributed by atoms with Gasteiger partial charge >= 0.3 is 0 Å². The van der Waals surface area contributed by atoms with Gasteiger partial charge in [-0.1, -0.05) is 6.92 Å². The standard InChI is InChI=1S/C22H30N8OS/c1-4-21(31)26-15-5-7-17(8-6-15)32-22-28-19(27-18(24)11-14(2)23)12-20(29-22)30-10-9-16(13-30)25-3/h5-8,11-12,16,25H,4,9-10,13,23H2,1-3H3,(H,26,31)(H2,24,27,28,29)/b14-11-/t16-/m0/s1. The fourth-order valence-electron chi connectivity index (χ4n) is 3.23. The Labute approximate surface area is 192 Å². The highest BCUT2D eigenvalue weighted by Gasteiger charge is 2.23. The number of aromatic nitrogens is 2. The third kappa shape index (κ3) is 6.69. The van der Waals surface area contributed by atoms with Crippen LogP contribution in [0.3, 0.4) is 0 Å². The number of benzene rings is 1. The monoisotopic (exact) mass is 454 g/mol. The molecule has 0 bridgehead atoms.